The molecular formula is C28H25N5O7S2. The number of rotatable bonds is 8. The summed E-state index contributed by atoms with van der Waals surface area (Å²) in [4.78, 5) is 19.2. The monoisotopic (exact) mass is 607 g/mol. The molecule has 0 unspecified atom stereocenters. The average Bonchev–Trinajstić information content (AvgIpc) is 3.58. The second-order valence-corrected chi connectivity index (χ2v) is 13.5. The predicted molar refractivity (Wildman–Crippen MR) is 155 cm³/mol. The Hall–Kier alpha value is -4.40. The van der Waals surface area contributed by atoms with Crippen molar-refractivity contribution < 1.29 is 26.5 Å². The molecule has 0 saturated carbocycles. The minimum absolute atomic E-state index is 0.00803. The van der Waals surface area contributed by atoms with Crippen molar-refractivity contribution in [1.82, 2.24) is 14.5 Å². The standard InChI is InChI=1S/C28H25N5O7S2/c1-18-8-12-21(13-9-18)41(36,37)26-25-27(30-24-7-3-2-6-23(24)29-25)32(17-20-5-4-16-40-20)28(26)31-42(38,39)22-14-10-19(11-15-22)33(34)35/h2-3,6-15,20,31H,4-5,16-17H2,1H3/t20-/m1/s1. The van der Waals surface area contributed by atoms with E-state index in [0.29, 0.717) is 24.1 Å². The number of fused-ring (bicyclic) bond motifs is 2. The summed E-state index contributed by atoms with van der Waals surface area (Å²) in [6, 6.07) is 17.5. The summed E-state index contributed by atoms with van der Waals surface area (Å²) in [6.45, 7) is 2.47. The molecule has 1 aliphatic heterocycles. The summed E-state index contributed by atoms with van der Waals surface area (Å²) >= 11 is 0. The first kappa shape index (κ1) is 27.8. The first-order chi connectivity index (χ1) is 20.0. The van der Waals surface area contributed by atoms with Crippen molar-refractivity contribution in [2.24, 2.45) is 0 Å². The number of nitro benzene ring substituents is 1. The third-order valence-electron chi connectivity index (χ3n) is 7.11. The van der Waals surface area contributed by atoms with Crippen LogP contribution in [0.1, 0.15) is 18.4 Å². The molecule has 0 radical (unpaired) electrons. The van der Waals surface area contributed by atoms with Crippen molar-refractivity contribution in [2.45, 2.75) is 47.1 Å². The maximum absolute atomic E-state index is 14.3. The number of aromatic nitrogens is 3. The normalized spacial score (nSPS) is 15.8. The smallest absolute Gasteiger partial charge is 0.269 e. The quantitative estimate of drug-likeness (QED) is 0.196. The zero-order valence-electron chi connectivity index (χ0n) is 22.3. The second-order valence-electron chi connectivity index (χ2n) is 9.98. The van der Waals surface area contributed by atoms with Crippen molar-refractivity contribution in [1.29, 1.82) is 0 Å². The molecule has 1 aliphatic rings. The number of benzene rings is 3. The molecule has 14 heteroatoms. The summed E-state index contributed by atoms with van der Waals surface area (Å²) < 4.78 is 65.7. The van der Waals surface area contributed by atoms with Crippen molar-refractivity contribution >= 4 is 53.6 Å². The minimum Gasteiger partial charge on any atom is -0.376 e. The fourth-order valence-electron chi connectivity index (χ4n) is 4.97. The molecule has 0 aliphatic carbocycles. The Morgan fingerprint density at radius 2 is 1.60 bits per heavy atom. The summed E-state index contributed by atoms with van der Waals surface area (Å²) in [7, 11) is -8.78. The van der Waals surface area contributed by atoms with E-state index in [1.165, 1.54) is 16.7 Å². The van der Waals surface area contributed by atoms with Gasteiger partial charge in [0.15, 0.2) is 5.65 Å². The maximum atomic E-state index is 14.3. The fraction of sp³-hybridized carbons (Fsp3) is 0.214. The first-order valence-electron chi connectivity index (χ1n) is 13.0. The second kappa shape index (κ2) is 10.5. The SMILES string of the molecule is Cc1ccc(S(=O)(=O)c2c(NS(=O)(=O)c3ccc([N+](=O)[O-])cc3)n(C[C@H]3CCCO3)c3nc4ccccc4nc23)cc1. The van der Waals surface area contributed by atoms with E-state index in [0.717, 1.165) is 36.2 Å². The lowest BCUT2D eigenvalue weighted by Crippen LogP contribution is -2.21. The molecule has 12 nitrogen and oxygen atoms in total. The van der Waals surface area contributed by atoms with Crippen molar-refractivity contribution in [3.8, 4) is 0 Å². The number of sulfonamides is 1. The molecule has 3 heterocycles. The lowest BCUT2D eigenvalue weighted by atomic mass is 10.2. The number of nitrogens with one attached hydrogen (secondary N) is 1. The van der Waals surface area contributed by atoms with Gasteiger partial charge in [0.2, 0.25) is 9.84 Å². The van der Waals surface area contributed by atoms with E-state index in [4.69, 9.17) is 9.72 Å². The van der Waals surface area contributed by atoms with Gasteiger partial charge in [-0.25, -0.2) is 26.8 Å². The molecule has 3 aromatic carbocycles. The molecular weight excluding hydrogens is 582 g/mol. The van der Waals surface area contributed by atoms with E-state index in [-0.39, 0.29) is 50.0 Å². The topological polar surface area (TPSA) is 163 Å². The molecule has 0 amide bonds. The molecule has 42 heavy (non-hydrogen) atoms. The van der Waals surface area contributed by atoms with Gasteiger partial charge in [0.05, 0.1) is 38.4 Å². The molecule has 1 N–H and O–H groups in total. The molecule has 216 valence electrons. The summed E-state index contributed by atoms with van der Waals surface area (Å²) in [5, 5.41) is 11.1. The number of aryl methyl sites for hydroxylation is 1. The predicted octanol–water partition coefficient (Wildman–Crippen LogP) is 4.61. The lowest BCUT2D eigenvalue weighted by Gasteiger charge is -2.17. The van der Waals surface area contributed by atoms with Gasteiger partial charge in [-0.2, -0.15) is 0 Å². The van der Waals surface area contributed by atoms with Gasteiger partial charge in [-0.1, -0.05) is 29.8 Å². The number of nitro groups is 1. The summed E-state index contributed by atoms with van der Waals surface area (Å²) in [5.41, 5.74) is 1.68. The van der Waals surface area contributed by atoms with E-state index in [9.17, 15) is 26.9 Å². The third kappa shape index (κ3) is 4.97. The highest BCUT2D eigenvalue weighted by Crippen LogP contribution is 2.39. The van der Waals surface area contributed by atoms with Crippen LogP contribution in [0.2, 0.25) is 0 Å². The van der Waals surface area contributed by atoms with Gasteiger partial charge in [0.25, 0.3) is 15.7 Å². The van der Waals surface area contributed by atoms with Crippen LogP contribution in [-0.4, -0.2) is 49.0 Å². The largest absolute Gasteiger partial charge is 0.376 e. The van der Waals surface area contributed by atoms with Gasteiger partial charge in [0, 0.05) is 18.7 Å². The van der Waals surface area contributed by atoms with Crippen LogP contribution >= 0.6 is 0 Å². The highest BCUT2D eigenvalue weighted by Gasteiger charge is 2.35. The zero-order chi connectivity index (χ0) is 29.6. The molecule has 5 aromatic rings. The average molecular weight is 608 g/mol. The maximum Gasteiger partial charge on any atom is 0.269 e. The van der Waals surface area contributed by atoms with E-state index >= 15 is 0 Å². The number of ether oxygens (including phenoxy) is 1. The van der Waals surface area contributed by atoms with Gasteiger partial charge in [0.1, 0.15) is 16.2 Å². The van der Waals surface area contributed by atoms with Gasteiger partial charge < -0.3 is 9.30 Å². The molecule has 1 atom stereocenters. The summed E-state index contributed by atoms with van der Waals surface area (Å²) in [5.74, 6) is -0.241. The van der Waals surface area contributed by atoms with Crippen LogP contribution in [-0.2, 0) is 31.1 Å². The number of hydrogen-bond donors (Lipinski definition) is 1. The van der Waals surface area contributed by atoms with Crippen molar-refractivity contribution in [3.05, 3.63) is 88.5 Å². The lowest BCUT2D eigenvalue weighted by molar-refractivity contribution is -0.384. The first-order valence-corrected chi connectivity index (χ1v) is 16.0. The Kier molecular flexibility index (Phi) is 6.91. The van der Waals surface area contributed by atoms with Gasteiger partial charge >= 0.3 is 0 Å². The number of para-hydroxylation sites is 2. The van der Waals surface area contributed by atoms with Crippen LogP contribution in [0.4, 0.5) is 11.5 Å². The van der Waals surface area contributed by atoms with Crippen molar-refractivity contribution in [3.63, 3.8) is 0 Å². The summed E-state index contributed by atoms with van der Waals surface area (Å²) in [6.07, 6.45) is 1.18. The minimum atomic E-state index is -4.43. The number of nitrogens with zero attached hydrogens (tertiary/aromatic N) is 4. The molecule has 6 rings (SSSR count). The zero-order valence-corrected chi connectivity index (χ0v) is 23.9. The van der Waals surface area contributed by atoms with E-state index in [1.54, 1.807) is 36.4 Å². The third-order valence-corrected chi connectivity index (χ3v) is 10.3. The van der Waals surface area contributed by atoms with Gasteiger partial charge in [-0.15, -0.1) is 0 Å². The molecule has 2 aromatic heterocycles. The number of hydrogen-bond acceptors (Lipinski definition) is 9. The van der Waals surface area contributed by atoms with E-state index < -0.39 is 24.8 Å². The van der Waals surface area contributed by atoms with Crippen LogP contribution in [0.5, 0.6) is 0 Å². The van der Waals surface area contributed by atoms with Gasteiger partial charge in [-0.3, -0.25) is 14.8 Å². The Morgan fingerprint density at radius 1 is 0.952 bits per heavy atom. The van der Waals surface area contributed by atoms with Crippen LogP contribution in [0.25, 0.3) is 22.2 Å². The highest BCUT2D eigenvalue weighted by molar-refractivity contribution is 7.93. The molecule has 0 spiro atoms. The Bertz CT molecular complexity index is 2050. The van der Waals surface area contributed by atoms with E-state index in [2.05, 4.69) is 9.71 Å². The van der Waals surface area contributed by atoms with E-state index in [1.807, 2.05) is 6.92 Å². The molecule has 1 fully saturated rings. The Labute approximate surface area is 241 Å². The number of anilines is 1. The fourth-order valence-corrected chi connectivity index (χ4v) is 7.65. The van der Waals surface area contributed by atoms with Crippen LogP contribution in [0.15, 0.2) is 87.5 Å². The number of non-ortho nitro benzene ring substituents is 1. The van der Waals surface area contributed by atoms with Crippen LogP contribution in [0.3, 0.4) is 0 Å². The van der Waals surface area contributed by atoms with Crippen LogP contribution in [0, 0.1) is 17.0 Å². The molecule has 0 bridgehead atoms. The molecule has 1 saturated heterocycles. The highest BCUT2D eigenvalue weighted by atomic mass is 32.2. The van der Waals surface area contributed by atoms with Gasteiger partial charge in [-0.05, 0) is 56.2 Å². The Morgan fingerprint density at radius 3 is 2.21 bits per heavy atom. The van der Waals surface area contributed by atoms with Crippen LogP contribution < -0.4 is 4.72 Å². The van der Waals surface area contributed by atoms with Crippen molar-refractivity contribution in [2.75, 3.05) is 11.3 Å². The number of sulfone groups is 1. The Balaban J connectivity index is 1.63.